The van der Waals surface area contributed by atoms with Gasteiger partial charge in [-0.1, -0.05) is 11.2 Å². The van der Waals surface area contributed by atoms with Crippen molar-refractivity contribution in [2.75, 3.05) is 5.32 Å². The lowest BCUT2D eigenvalue weighted by Crippen LogP contribution is -2.13. The van der Waals surface area contributed by atoms with E-state index < -0.39 is 0 Å². The van der Waals surface area contributed by atoms with E-state index in [9.17, 15) is 4.79 Å². The van der Waals surface area contributed by atoms with Crippen LogP contribution in [0, 0.1) is 20.8 Å². The number of ether oxygens (including phenoxy) is 1. The number of rotatable bonds is 5. The van der Waals surface area contributed by atoms with Crippen LogP contribution in [0.3, 0.4) is 0 Å². The Kier molecular flexibility index (Phi) is 4.57. The highest BCUT2D eigenvalue weighted by Gasteiger charge is 2.14. The predicted molar refractivity (Wildman–Crippen MR) is 89.4 cm³/mol. The second-order valence-electron chi connectivity index (χ2n) is 5.27. The van der Waals surface area contributed by atoms with Crippen molar-refractivity contribution in [1.29, 1.82) is 0 Å². The van der Waals surface area contributed by atoms with Crippen LogP contribution in [-0.2, 0) is 6.61 Å². The minimum atomic E-state index is -0.249. The lowest BCUT2D eigenvalue weighted by atomic mass is 10.2. The van der Waals surface area contributed by atoms with Crippen LogP contribution in [-0.4, -0.2) is 19.8 Å². The molecule has 0 aliphatic rings. The van der Waals surface area contributed by atoms with Crippen LogP contribution in [0.1, 0.15) is 33.2 Å². The highest BCUT2D eigenvalue weighted by Crippen LogP contribution is 2.21. The van der Waals surface area contributed by atoms with Gasteiger partial charge in [0, 0.05) is 5.56 Å². The fourth-order valence-electron chi connectivity index (χ4n) is 2.11. The minimum absolute atomic E-state index is 0.249. The van der Waals surface area contributed by atoms with Gasteiger partial charge in [-0.2, -0.15) is 8.75 Å². The average molecular weight is 344 g/mol. The van der Waals surface area contributed by atoms with Crippen molar-refractivity contribution in [2.24, 2.45) is 0 Å². The van der Waals surface area contributed by atoms with Gasteiger partial charge in [0.25, 0.3) is 5.91 Å². The molecule has 2 aromatic heterocycles. The quantitative estimate of drug-likeness (QED) is 0.764. The maximum absolute atomic E-state index is 12.4. The van der Waals surface area contributed by atoms with Gasteiger partial charge in [-0.3, -0.25) is 4.79 Å². The molecule has 2 heterocycles. The number of benzene rings is 1. The maximum Gasteiger partial charge on any atom is 0.255 e. The van der Waals surface area contributed by atoms with E-state index in [0.717, 1.165) is 23.1 Å². The van der Waals surface area contributed by atoms with Gasteiger partial charge in [0.05, 0.1) is 17.4 Å². The van der Waals surface area contributed by atoms with Crippen LogP contribution < -0.4 is 10.1 Å². The first-order valence-corrected chi connectivity index (χ1v) is 8.02. The Hall–Kier alpha value is -2.74. The monoisotopic (exact) mass is 344 g/mol. The molecule has 124 valence electrons. The van der Waals surface area contributed by atoms with Crippen molar-refractivity contribution in [2.45, 2.75) is 27.4 Å². The Morgan fingerprint density at radius 3 is 2.75 bits per heavy atom. The zero-order valence-corrected chi connectivity index (χ0v) is 14.3. The number of anilines is 1. The average Bonchev–Trinajstić information content (AvgIpc) is 3.13. The minimum Gasteiger partial charge on any atom is -0.487 e. The largest absolute Gasteiger partial charge is 0.487 e. The third kappa shape index (κ3) is 3.43. The molecule has 24 heavy (non-hydrogen) atoms. The van der Waals surface area contributed by atoms with Crippen molar-refractivity contribution in [3.05, 3.63) is 52.7 Å². The molecule has 8 heteroatoms. The lowest BCUT2D eigenvalue weighted by Gasteiger charge is -2.08. The van der Waals surface area contributed by atoms with Gasteiger partial charge in [0.2, 0.25) is 0 Å². The zero-order valence-electron chi connectivity index (χ0n) is 13.5. The van der Waals surface area contributed by atoms with E-state index in [1.54, 1.807) is 38.1 Å². The van der Waals surface area contributed by atoms with Crippen LogP contribution in [0.4, 0.5) is 5.69 Å². The summed E-state index contributed by atoms with van der Waals surface area (Å²) in [6, 6.07) is 6.96. The number of nitrogens with one attached hydrogen (secondary N) is 1. The summed E-state index contributed by atoms with van der Waals surface area (Å²) in [6.07, 6.45) is 0. The zero-order chi connectivity index (χ0) is 17.1. The first kappa shape index (κ1) is 16.1. The van der Waals surface area contributed by atoms with Crippen molar-refractivity contribution >= 4 is 23.3 Å². The Morgan fingerprint density at radius 2 is 2.08 bits per heavy atom. The highest BCUT2D eigenvalue weighted by molar-refractivity contribution is 6.99. The first-order chi connectivity index (χ1) is 11.5. The fraction of sp³-hybridized carbons (Fsp3) is 0.250. The summed E-state index contributed by atoms with van der Waals surface area (Å²) in [5, 5.41) is 6.63. The molecule has 0 atom stereocenters. The molecule has 1 aromatic carbocycles. The van der Waals surface area contributed by atoms with E-state index in [1.165, 1.54) is 0 Å². The van der Waals surface area contributed by atoms with E-state index in [2.05, 4.69) is 19.2 Å². The number of hydrogen-bond acceptors (Lipinski definition) is 7. The smallest absolute Gasteiger partial charge is 0.255 e. The molecule has 0 bridgehead atoms. The van der Waals surface area contributed by atoms with E-state index in [-0.39, 0.29) is 5.91 Å². The third-order valence-corrected chi connectivity index (χ3v) is 4.15. The summed E-state index contributed by atoms with van der Waals surface area (Å²) in [5.74, 6) is 0.912. The third-order valence-electron chi connectivity index (χ3n) is 3.49. The molecule has 0 saturated carbocycles. The second-order valence-corrected chi connectivity index (χ2v) is 5.79. The van der Waals surface area contributed by atoms with Gasteiger partial charge in [0.1, 0.15) is 29.4 Å². The number of aromatic nitrogens is 3. The molecular weight excluding hydrogens is 328 g/mol. The molecule has 0 radical (unpaired) electrons. The summed E-state index contributed by atoms with van der Waals surface area (Å²) in [6.45, 7) is 5.72. The summed E-state index contributed by atoms with van der Waals surface area (Å²) >= 11 is 1.16. The van der Waals surface area contributed by atoms with E-state index in [4.69, 9.17) is 9.26 Å². The molecule has 0 fully saturated rings. The number of nitrogens with zero attached hydrogens (tertiary/aromatic N) is 3. The number of amides is 1. The molecule has 1 amide bonds. The molecule has 0 unspecified atom stereocenters. The van der Waals surface area contributed by atoms with Gasteiger partial charge in [-0.25, -0.2) is 0 Å². The SMILES string of the molecule is Cc1nsnc1COc1cccc(C(=O)Nc2c(C)noc2C)c1. The second kappa shape index (κ2) is 6.79. The summed E-state index contributed by atoms with van der Waals surface area (Å²) in [4.78, 5) is 12.4. The maximum atomic E-state index is 12.4. The number of carbonyl (C=O) groups excluding carboxylic acids is 1. The molecule has 3 aromatic rings. The summed E-state index contributed by atoms with van der Waals surface area (Å²) in [7, 11) is 0. The van der Waals surface area contributed by atoms with Gasteiger partial charge in [0.15, 0.2) is 5.76 Å². The van der Waals surface area contributed by atoms with Crippen molar-refractivity contribution in [1.82, 2.24) is 13.9 Å². The Balaban J connectivity index is 1.70. The molecule has 0 aliphatic heterocycles. The van der Waals surface area contributed by atoms with Gasteiger partial charge < -0.3 is 14.6 Å². The highest BCUT2D eigenvalue weighted by atomic mass is 32.1. The summed E-state index contributed by atoms with van der Waals surface area (Å²) in [5.41, 5.74) is 3.37. The van der Waals surface area contributed by atoms with Crippen molar-refractivity contribution in [3.63, 3.8) is 0 Å². The molecule has 1 N–H and O–H groups in total. The first-order valence-electron chi connectivity index (χ1n) is 7.29. The number of carbonyl (C=O) groups is 1. The van der Waals surface area contributed by atoms with Crippen LogP contribution in [0.5, 0.6) is 5.75 Å². The van der Waals surface area contributed by atoms with Gasteiger partial charge >= 0.3 is 0 Å². The van der Waals surface area contributed by atoms with Crippen LogP contribution in [0.15, 0.2) is 28.8 Å². The van der Waals surface area contributed by atoms with Crippen LogP contribution in [0.2, 0.25) is 0 Å². The standard InChI is InChI=1S/C16H16N4O3S/c1-9-14(20-24-19-9)8-22-13-6-4-5-12(7-13)16(21)17-15-10(2)18-23-11(15)3/h4-7H,8H2,1-3H3,(H,17,21). The van der Waals surface area contributed by atoms with Gasteiger partial charge in [-0.15, -0.1) is 0 Å². The topological polar surface area (TPSA) is 90.1 Å². The Morgan fingerprint density at radius 1 is 1.25 bits per heavy atom. The van der Waals surface area contributed by atoms with Crippen molar-refractivity contribution < 1.29 is 14.1 Å². The van der Waals surface area contributed by atoms with E-state index in [0.29, 0.717) is 35.1 Å². The fourth-order valence-corrected chi connectivity index (χ4v) is 2.66. The molecule has 3 rings (SSSR count). The normalized spacial score (nSPS) is 10.6. The van der Waals surface area contributed by atoms with Gasteiger partial charge in [-0.05, 0) is 39.0 Å². The molecular formula is C16H16N4O3S. The molecule has 0 aliphatic carbocycles. The molecule has 0 saturated heterocycles. The molecule has 7 nitrogen and oxygen atoms in total. The van der Waals surface area contributed by atoms with Crippen molar-refractivity contribution in [3.8, 4) is 5.75 Å². The van der Waals surface area contributed by atoms with E-state index in [1.807, 2.05) is 6.92 Å². The Labute approximate surface area is 143 Å². The Bertz CT molecular complexity index is 852. The summed E-state index contributed by atoms with van der Waals surface area (Å²) < 4.78 is 19.0. The van der Waals surface area contributed by atoms with Crippen LogP contribution in [0.25, 0.3) is 0 Å². The number of aryl methyl sites for hydroxylation is 3. The lowest BCUT2D eigenvalue weighted by molar-refractivity contribution is 0.102. The van der Waals surface area contributed by atoms with Crippen LogP contribution >= 0.6 is 11.7 Å². The predicted octanol–water partition coefficient (Wildman–Crippen LogP) is 3.28. The molecule has 0 spiro atoms. The number of hydrogen-bond donors (Lipinski definition) is 1. The van der Waals surface area contributed by atoms with E-state index >= 15 is 0 Å².